The molecule has 3 aromatic rings. The molecule has 2 aromatic carbocycles. The Balaban J connectivity index is 1.33. The van der Waals surface area contributed by atoms with Gasteiger partial charge in [-0.3, -0.25) is 14.7 Å². The lowest BCUT2D eigenvalue weighted by molar-refractivity contribution is 0.0926. The fraction of sp³-hybridized carbons (Fsp3) is 0.333. The van der Waals surface area contributed by atoms with E-state index in [4.69, 9.17) is 4.42 Å². The van der Waals surface area contributed by atoms with Crippen LogP contribution in [0.25, 0.3) is 11.1 Å². The Morgan fingerprint density at radius 2 is 2.11 bits per heavy atom. The molecular formula is C21H20FN3O3. The Kier molecular flexibility index (Phi) is 4.05. The minimum Gasteiger partial charge on any atom is -0.407 e. The van der Waals surface area contributed by atoms with E-state index in [1.54, 1.807) is 30.3 Å². The minimum atomic E-state index is -0.573. The monoisotopic (exact) mass is 381 g/mol. The fourth-order valence-corrected chi connectivity index (χ4v) is 4.75. The number of hydrogen-bond acceptors (Lipinski definition) is 4. The van der Waals surface area contributed by atoms with Gasteiger partial charge in [0.15, 0.2) is 5.58 Å². The molecule has 2 bridgehead atoms. The maximum absolute atomic E-state index is 13.5. The minimum absolute atomic E-state index is 0.0285. The van der Waals surface area contributed by atoms with Crippen LogP contribution in [0.3, 0.4) is 0 Å². The zero-order valence-electron chi connectivity index (χ0n) is 15.2. The van der Waals surface area contributed by atoms with E-state index in [9.17, 15) is 14.0 Å². The number of fused-ring (bicyclic) bond motifs is 3. The molecule has 6 nitrogen and oxygen atoms in total. The van der Waals surface area contributed by atoms with Crippen molar-refractivity contribution in [2.24, 2.45) is 0 Å². The van der Waals surface area contributed by atoms with Gasteiger partial charge in [0.1, 0.15) is 5.82 Å². The molecule has 2 aliphatic rings. The van der Waals surface area contributed by atoms with Crippen LogP contribution in [0.5, 0.6) is 0 Å². The van der Waals surface area contributed by atoms with Gasteiger partial charge in [-0.15, -0.1) is 0 Å². The molecule has 0 spiro atoms. The summed E-state index contributed by atoms with van der Waals surface area (Å²) in [6.45, 7) is 0.682. The Hall–Kier alpha value is -2.93. The highest BCUT2D eigenvalue weighted by molar-refractivity contribution is 6.04. The quantitative estimate of drug-likeness (QED) is 0.729. The summed E-state index contributed by atoms with van der Waals surface area (Å²) in [6.07, 6.45) is 2.97. The van der Waals surface area contributed by atoms with E-state index in [1.807, 2.05) is 6.07 Å². The highest BCUT2D eigenvalue weighted by Crippen LogP contribution is 2.39. The van der Waals surface area contributed by atoms with Crippen LogP contribution in [-0.4, -0.2) is 33.9 Å². The third kappa shape index (κ3) is 2.92. The number of H-pyrrole nitrogens is 1. The van der Waals surface area contributed by atoms with E-state index in [-0.39, 0.29) is 29.4 Å². The third-order valence-corrected chi connectivity index (χ3v) is 5.94. The molecular weight excluding hydrogens is 361 g/mol. The lowest BCUT2D eigenvalue weighted by Crippen LogP contribution is -2.43. The number of benzene rings is 2. The van der Waals surface area contributed by atoms with Gasteiger partial charge in [-0.2, -0.15) is 0 Å². The normalized spacial score (nSPS) is 24.1. The van der Waals surface area contributed by atoms with Crippen LogP contribution in [0, 0.1) is 5.82 Å². The van der Waals surface area contributed by atoms with Crippen LogP contribution in [0.15, 0.2) is 51.7 Å². The lowest BCUT2D eigenvalue weighted by atomic mass is 9.95. The van der Waals surface area contributed by atoms with Crippen molar-refractivity contribution in [3.63, 3.8) is 0 Å². The number of carbonyl (C=O) groups excluding carboxylic acids is 1. The molecule has 2 aliphatic heterocycles. The predicted octanol–water partition coefficient (Wildman–Crippen LogP) is 2.80. The number of aromatic amines is 1. The first-order valence-corrected chi connectivity index (χ1v) is 9.51. The molecule has 3 heterocycles. The Morgan fingerprint density at radius 3 is 2.96 bits per heavy atom. The predicted molar refractivity (Wildman–Crippen MR) is 101 cm³/mol. The second-order valence-corrected chi connectivity index (χ2v) is 7.61. The van der Waals surface area contributed by atoms with Crippen LogP contribution in [-0.2, 0) is 6.54 Å². The van der Waals surface area contributed by atoms with Crippen molar-refractivity contribution in [3.05, 3.63) is 70.0 Å². The van der Waals surface area contributed by atoms with Crippen LogP contribution in [0.2, 0.25) is 0 Å². The smallest absolute Gasteiger partial charge is 0.407 e. The number of nitrogens with zero attached hydrogens (tertiary/aromatic N) is 1. The average molecular weight is 381 g/mol. The summed E-state index contributed by atoms with van der Waals surface area (Å²) in [7, 11) is 0. The van der Waals surface area contributed by atoms with E-state index in [0.29, 0.717) is 23.7 Å². The molecule has 0 saturated carbocycles. The fourth-order valence-electron chi connectivity index (χ4n) is 4.75. The van der Waals surface area contributed by atoms with Gasteiger partial charge in [0.05, 0.1) is 11.1 Å². The standard InChI is InChI=1S/C21H20FN3O3/c22-13-4-1-3-12(9-13)11-25-14-7-8-18(25)17(10-14)23-20(26)15-5-2-6-16-19(15)28-21(27)24-16/h1-6,9,14,17-18H,7-8,10-11H2,(H,23,26)(H,24,27)/t14-,17-,18+/m1/s1. The van der Waals surface area contributed by atoms with Crippen molar-refractivity contribution in [2.45, 2.75) is 43.9 Å². The summed E-state index contributed by atoms with van der Waals surface area (Å²) in [5, 5.41) is 3.12. The molecule has 7 heteroatoms. The lowest BCUT2D eigenvalue weighted by Gasteiger charge is -2.25. The third-order valence-electron chi connectivity index (χ3n) is 5.94. The van der Waals surface area contributed by atoms with Gasteiger partial charge >= 0.3 is 5.76 Å². The van der Waals surface area contributed by atoms with Gasteiger partial charge in [-0.1, -0.05) is 18.2 Å². The number of rotatable bonds is 4. The van der Waals surface area contributed by atoms with E-state index in [1.165, 1.54) is 6.07 Å². The van der Waals surface area contributed by atoms with Crippen LogP contribution in [0.4, 0.5) is 4.39 Å². The van der Waals surface area contributed by atoms with Crippen molar-refractivity contribution in [3.8, 4) is 0 Å². The highest BCUT2D eigenvalue weighted by Gasteiger charge is 2.46. The molecule has 28 heavy (non-hydrogen) atoms. The largest absolute Gasteiger partial charge is 0.417 e. The number of para-hydroxylation sites is 1. The second-order valence-electron chi connectivity index (χ2n) is 7.61. The Labute approximate surface area is 160 Å². The number of aromatic nitrogens is 1. The zero-order chi connectivity index (χ0) is 19.3. The molecule has 144 valence electrons. The number of nitrogens with one attached hydrogen (secondary N) is 2. The average Bonchev–Trinajstić information content (AvgIpc) is 3.32. The van der Waals surface area contributed by atoms with Gasteiger partial charge in [0.25, 0.3) is 5.91 Å². The van der Waals surface area contributed by atoms with Crippen LogP contribution >= 0.6 is 0 Å². The van der Waals surface area contributed by atoms with E-state index >= 15 is 0 Å². The summed E-state index contributed by atoms with van der Waals surface area (Å²) < 4.78 is 18.6. The van der Waals surface area contributed by atoms with Crippen molar-refractivity contribution in [2.75, 3.05) is 0 Å². The molecule has 0 unspecified atom stereocenters. The molecule has 1 amide bonds. The molecule has 2 saturated heterocycles. The van der Waals surface area contributed by atoms with E-state index in [0.717, 1.165) is 24.8 Å². The van der Waals surface area contributed by atoms with E-state index in [2.05, 4.69) is 15.2 Å². The summed E-state index contributed by atoms with van der Waals surface area (Å²) in [4.78, 5) is 29.3. The first-order valence-electron chi connectivity index (χ1n) is 9.51. The maximum Gasteiger partial charge on any atom is 0.417 e. The summed E-state index contributed by atoms with van der Waals surface area (Å²) in [5.74, 6) is -1.04. The highest BCUT2D eigenvalue weighted by atomic mass is 19.1. The molecule has 5 rings (SSSR count). The summed E-state index contributed by atoms with van der Waals surface area (Å²) >= 11 is 0. The van der Waals surface area contributed by atoms with Gasteiger partial charge in [0.2, 0.25) is 0 Å². The summed E-state index contributed by atoms with van der Waals surface area (Å²) in [5.41, 5.74) is 2.10. The van der Waals surface area contributed by atoms with Crippen molar-refractivity contribution < 1.29 is 13.6 Å². The first kappa shape index (κ1) is 17.2. The van der Waals surface area contributed by atoms with Crippen LogP contribution in [0.1, 0.15) is 35.2 Å². The number of hydrogen-bond donors (Lipinski definition) is 2. The van der Waals surface area contributed by atoms with Gasteiger partial charge in [0, 0.05) is 24.7 Å². The molecule has 3 atom stereocenters. The number of amides is 1. The van der Waals surface area contributed by atoms with Gasteiger partial charge in [-0.05, 0) is 49.1 Å². The zero-order valence-corrected chi connectivity index (χ0v) is 15.2. The molecule has 0 aliphatic carbocycles. The SMILES string of the molecule is O=C(N[C@@H]1C[C@H]2CC[C@@H]1N2Cc1cccc(F)c1)c1cccc2[nH]c(=O)oc12. The molecule has 1 aromatic heterocycles. The number of oxazole rings is 1. The molecule has 2 fully saturated rings. The maximum atomic E-state index is 13.5. The van der Waals surface area contributed by atoms with E-state index < -0.39 is 5.76 Å². The second kappa shape index (κ2) is 6.60. The van der Waals surface area contributed by atoms with Crippen LogP contribution < -0.4 is 11.1 Å². The van der Waals surface area contributed by atoms with Crippen molar-refractivity contribution in [1.29, 1.82) is 0 Å². The van der Waals surface area contributed by atoms with Crippen molar-refractivity contribution in [1.82, 2.24) is 15.2 Å². The van der Waals surface area contributed by atoms with Gasteiger partial charge in [-0.25, -0.2) is 9.18 Å². The number of halogens is 1. The molecule has 0 radical (unpaired) electrons. The summed E-state index contributed by atoms with van der Waals surface area (Å²) in [6, 6.07) is 12.4. The Bertz CT molecular complexity index is 1110. The topological polar surface area (TPSA) is 78.3 Å². The molecule has 2 N–H and O–H groups in total. The van der Waals surface area contributed by atoms with Crippen molar-refractivity contribution >= 4 is 17.0 Å². The number of carbonyl (C=O) groups is 1. The first-order chi connectivity index (χ1) is 13.6. The van der Waals surface area contributed by atoms with Gasteiger partial charge < -0.3 is 9.73 Å². The Morgan fingerprint density at radius 1 is 1.25 bits per heavy atom.